The van der Waals surface area contributed by atoms with Gasteiger partial charge < -0.3 is 4.74 Å². The van der Waals surface area contributed by atoms with Crippen LogP contribution in [0.15, 0.2) is 30.4 Å². The molecule has 2 aliphatic carbocycles. The number of ether oxygens (including phenoxy) is 1. The van der Waals surface area contributed by atoms with Gasteiger partial charge in [-0.05, 0) is 36.5 Å². The second-order valence-corrected chi connectivity index (χ2v) is 6.24. The van der Waals surface area contributed by atoms with Crippen LogP contribution in [-0.2, 0) is 9.59 Å². The Morgan fingerprint density at radius 3 is 2.29 bits per heavy atom. The van der Waals surface area contributed by atoms with Crippen LogP contribution in [0.4, 0.5) is 5.69 Å². The number of amides is 2. The normalized spacial score (nSPS) is 33.0. The number of imide groups is 1. The molecule has 2 fully saturated rings. The minimum absolute atomic E-state index is 0.0944. The summed E-state index contributed by atoms with van der Waals surface area (Å²) in [7, 11) is 1.53. The van der Waals surface area contributed by atoms with E-state index in [0.717, 1.165) is 6.42 Å². The van der Waals surface area contributed by atoms with E-state index in [1.165, 1.54) is 12.0 Å². The van der Waals surface area contributed by atoms with Crippen LogP contribution in [0.1, 0.15) is 6.42 Å². The molecule has 0 spiro atoms. The largest absolute Gasteiger partial charge is 0.495 e. The summed E-state index contributed by atoms with van der Waals surface area (Å²) >= 11 is 6.11. The molecule has 1 aliphatic heterocycles. The Morgan fingerprint density at radius 1 is 1.14 bits per heavy atom. The second-order valence-electron chi connectivity index (χ2n) is 5.83. The molecule has 1 heterocycles. The highest BCUT2D eigenvalue weighted by atomic mass is 35.5. The molecule has 21 heavy (non-hydrogen) atoms. The number of benzene rings is 1. The molecule has 4 rings (SSSR count). The number of rotatable bonds is 2. The quantitative estimate of drug-likeness (QED) is 0.623. The summed E-state index contributed by atoms with van der Waals surface area (Å²) in [5.74, 6) is 0.403. The number of nitrogens with zero attached hydrogens (tertiary/aromatic N) is 1. The SMILES string of the molecule is COc1ccc(N2C(=O)[C@@H]3[C@H](C2=O)[C@@H]2C=C[C@H]3C2)cc1Cl. The van der Waals surface area contributed by atoms with Crippen LogP contribution in [0.2, 0.25) is 5.02 Å². The number of methoxy groups -OCH3 is 1. The molecule has 1 aromatic rings. The Morgan fingerprint density at radius 2 is 1.76 bits per heavy atom. The van der Waals surface area contributed by atoms with Crippen LogP contribution in [0, 0.1) is 23.7 Å². The van der Waals surface area contributed by atoms with Crippen molar-refractivity contribution >= 4 is 29.1 Å². The number of carbonyl (C=O) groups is 2. The van der Waals surface area contributed by atoms with Gasteiger partial charge in [-0.3, -0.25) is 9.59 Å². The van der Waals surface area contributed by atoms with Crippen LogP contribution in [0.25, 0.3) is 0 Å². The van der Waals surface area contributed by atoms with Crippen molar-refractivity contribution in [3.8, 4) is 5.75 Å². The van der Waals surface area contributed by atoms with E-state index in [4.69, 9.17) is 16.3 Å². The van der Waals surface area contributed by atoms with Crippen molar-refractivity contribution in [2.45, 2.75) is 6.42 Å². The number of anilines is 1. The van der Waals surface area contributed by atoms with E-state index >= 15 is 0 Å². The molecule has 5 heteroatoms. The lowest BCUT2D eigenvalue weighted by Gasteiger charge is -2.18. The highest BCUT2D eigenvalue weighted by molar-refractivity contribution is 6.33. The number of halogens is 1. The smallest absolute Gasteiger partial charge is 0.238 e. The average Bonchev–Trinajstić information content (AvgIpc) is 3.13. The standard InChI is InChI=1S/C16H14ClNO3/c1-21-12-5-4-10(7-11(12)17)18-15(19)13-8-2-3-9(6-8)14(13)16(18)20/h2-5,7-9,13-14H,6H2,1H3/t8-,9+,13-,14+. The van der Waals surface area contributed by atoms with Gasteiger partial charge in [-0.25, -0.2) is 4.90 Å². The summed E-state index contributed by atoms with van der Waals surface area (Å²) in [4.78, 5) is 26.6. The summed E-state index contributed by atoms with van der Waals surface area (Å²) in [6.07, 6.45) is 5.10. The van der Waals surface area contributed by atoms with Gasteiger partial charge in [0.2, 0.25) is 11.8 Å². The van der Waals surface area contributed by atoms with Crippen LogP contribution >= 0.6 is 11.6 Å². The molecular weight excluding hydrogens is 290 g/mol. The van der Waals surface area contributed by atoms with E-state index < -0.39 is 0 Å². The molecule has 4 atom stereocenters. The summed E-state index contributed by atoms with van der Waals surface area (Å²) in [5, 5.41) is 0.397. The third-order valence-electron chi connectivity index (χ3n) is 4.86. The molecule has 0 N–H and O–H groups in total. The Hall–Kier alpha value is -1.81. The molecule has 0 radical (unpaired) electrons. The molecule has 4 nitrogen and oxygen atoms in total. The third kappa shape index (κ3) is 1.62. The van der Waals surface area contributed by atoms with Crippen molar-refractivity contribution in [3.05, 3.63) is 35.4 Å². The molecule has 1 saturated carbocycles. The first kappa shape index (κ1) is 12.9. The zero-order valence-electron chi connectivity index (χ0n) is 11.5. The maximum Gasteiger partial charge on any atom is 0.238 e. The number of hydrogen-bond donors (Lipinski definition) is 0. The topological polar surface area (TPSA) is 46.6 Å². The zero-order chi connectivity index (χ0) is 14.7. The monoisotopic (exact) mass is 303 g/mol. The highest BCUT2D eigenvalue weighted by Crippen LogP contribution is 2.53. The van der Waals surface area contributed by atoms with E-state index in [1.54, 1.807) is 18.2 Å². The van der Waals surface area contributed by atoms with Crippen molar-refractivity contribution < 1.29 is 14.3 Å². The summed E-state index contributed by atoms with van der Waals surface area (Å²) < 4.78 is 5.10. The Balaban J connectivity index is 1.72. The maximum atomic E-state index is 12.7. The first-order chi connectivity index (χ1) is 10.1. The second kappa shape index (κ2) is 4.34. The molecule has 2 bridgehead atoms. The van der Waals surface area contributed by atoms with E-state index in [-0.39, 0.29) is 35.5 Å². The summed E-state index contributed by atoms with van der Waals surface area (Å²) in [6.45, 7) is 0. The van der Waals surface area contributed by atoms with E-state index in [0.29, 0.717) is 16.5 Å². The van der Waals surface area contributed by atoms with Crippen molar-refractivity contribution in [2.75, 3.05) is 12.0 Å². The van der Waals surface area contributed by atoms with Crippen LogP contribution < -0.4 is 9.64 Å². The van der Waals surface area contributed by atoms with Gasteiger partial charge in [0, 0.05) is 0 Å². The van der Waals surface area contributed by atoms with E-state index in [9.17, 15) is 9.59 Å². The predicted octanol–water partition coefficient (Wildman–Crippen LogP) is 2.66. The van der Waals surface area contributed by atoms with Gasteiger partial charge in [0.05, 0.1) is 29.7 Å². The lowest BCUT2D eigenvalue weighted by Crippen LogP contribution is -2.32. The lowest BCUT2D eigenvalue weighted by atomic mass is 9.85. The van der Waals surface area contributed by atoms with Gasteiger partial charge in [0.15, 0.2) is 0 Å². The van der Waals surface area contributed by atoms with Gasteiger partial charge in [-0.2, -0.15) is 0 Å². The van der Waals surface area contributed by atoms with Crippen LogP contribution in [-0.4, -0.2) is 18.9 Å². The van der Waals surface area contributed by atoms with Crippen molar-refractivity contribution in [1.82, 2.24) is 0 Å². The van der Waals surface area contributed by atoms with E-state index in [2.05, 4.69) is 12.2 Å². The zero-order valence-corrected chi connectivity index (χ0v) is 12.2. The Bertz CT molecular complexity index is 654. The number of fused-ring (bicyclic) bond motifs is 5. The highest BCUT2D eigenvalue weighted by Gasteiger charge is 2.59. The minimum atomic E-state index is -0.187. The maximum absolute atomic E-state index is 12.7. The molecule has 0 unspecified atom stereocenters. The molecular formula is C16H14ClNO3. The van der Waals surface area contributed by atoms with E-state index in [1.807, 2.05) is 0 Å². The first-order valence-corrected chi connectivity index (χ1v) is 7.39. The summed E-state index contributed by atoms with van der Waals surface area (Å²) in [5.41, 5.74) is 0.532. The van der Waals surface area contributed by atoms with Gasteiger partial charge in [-0.1, -0.05) is 23.8 Å². The van der Waals surface area contributed by atoms with Crippen LogP contribution in [0.5, 0.6) is 5.75 Å². The molecule has 2 amide bonds. The average molecular weight is 304 g/mol. The van der Waals surface area contributed by atoms with Crippen molar-refractivity contribution in [2.24, 2.45) is 23.7 Å². The minimum Gasteiger partial charge on any atom is -0.495 e. The fraction of sp³-hybridized carbons (Fsp3) is 0.375. The van der Waals surface area contributed by atoms with Crippen molar-refractivity contribution in [1.29, 1.82) is 0 Å². The fourth-order valence-corrected chi connectivity index (χ4v) is 4.20. The fourth-order valence-electron chi connectivity index (χ4n) is 3.95. The molecule has 1 aromatic carbocycles. The number of allylic oxidation sites excluding steroid dienone is 2. The Kier molecular flexibility index (Phi) is 2.67. The van der Waals surface area contributed by atoms with Gasteiger partial charge in [0.25, 0.3) is 0 Å². The first-order valence-electron chi connectivity index (χ1n) is 7.01. The van der Waals surface area contributed by atoms with Gasteiger partial charge in [-0.15, -0.1) is 0 Å². The predicted molar refractivity (Wildman–Crippen MR) is 78.2 cm³/mol. The van der Waals surface area contributed by atoms with Gasteiger partial charge in [0.1, 0.15) is 5.75 Å². The molecule has 0 aromatic heterocycles. The van der Waals surface area contributed by atoms with Crippen LogP contribution in [0.3, 0.4) is 0 Å². The Labute approximate surface area is 127 Å². The molecule has 108 valence electrons. The van der Waals surface area contributed by atoms with Crippen molar-refractivity contribution in [3.63, 3.8) is 0 Å². The number of hydrogen-bond acceptors (Lipinski definition) is 3. The lowest BCUT2D eigenvalue weighted by molar-refractivity contribution is -0.123. The summed E-state index contributed by atoms with van der Waals surface area (Å²) in [6, 6.07) is 5.00. The molecule has 1 saturated heterocycles. The molecule has 3 aliphatic rings. The third-order valence-corrected chi connectivity index (χ3v) is 5.16. The number of carbonyl (C=O) groups excluding carboxylic acids is 2. The van der Waals surface area contributed by atoms with Gasteiger partial charge >= 0.3 is 0 Å².